The van der Waals surface area contributed by atoms with Crippen molar-refractivity contribution in [1.29, 1.82) is 0 Å². The number of nitrogens with zero attached hydrogens (tertiary/aromatic N) is 2. The summed E-state index contributed by atoms with van der Waals surface area (Å²) in [7, 11) is -3.66. The monoisotopic (exact) mass is 561 g/mol. The fraction of sp³-hybridized carbons (Fsp3) is 0.500. The zero-order valence-corrected chi connectivity index (χ0v) is 23.2. The van der Waals surface area contributed by atoms with Gasteiger partial charge in [0.1, 0.15) is 11.9 Å². The van der Waals surface area contributed by atoms with Crippen LogP contribution in [-0.4, -0.2) is 56.8 Å². The maximum absolute atomic E-state index is 14.5. The van der Waals surface area contributed by atoms with Crippen molar-refractivity contribution >= 4 is 27.5 Å². The highest BCUT2D eigenvalue weighted by atomic mass is 32.2. The van der Waals surface area contributed by atoms with Gasteiger partial charge >= 0.3 is 0 Å². The number of anilines is 1. The second-order valence-corrected chi connectivity index (χ2v) is 12.0. The first kappa shape index (κ1) is 28.7. The van der Waals surface area contributed by atoms with Gasteiger partial charge < -0.3 is 19.7 Å². The summed E-state index contributed by atoms with van der Waals surface area (Å²) in [5.41, 5.74) is 0.707. The molecule has 39 heavy (non-hydrogen) atoms. The Bertz CT molecular complexity index is 1280. The zero-order chi connectivity index (χ0) is 28.0. The molecule has 1 atom stereocenters. The minimum absolute atomic E-state index is 0.0218. The Hall–Kier alpha value is -3.34. The molecule has 212 valence electrons. The second-order valence-electron chi connectivity index (χ2n) is 10.1. The van der Waals surface area contributed by atoms with Gasteiger partial charge in [-0.2, -0.15) is 0 Å². The Labute approximate surface area is 229 Å². The summed E-state index contributed by atoms with van der Waals surface area (Å²) in [5.74, 6) is -0.104. The third kappa shape index (κ3) is 7.40. The lowest BCUT2D eigenvalue weighted by atomic mass is 9.95. The number of benzene rings is 2. The van der Waals surface area contributed by atoms with E-state index in [9.17, 15) is 22.4 Å². The molecule has 1 saturated carbocycles. The van der Waals surface area contributed by atoms with Crippen molar-refractivity contribution in [2.45, 2.75) is 70.5 Å². The number of sulfonamides is 1. The number of hydrogen-bond acceptors (Lipinski definition) is 6. The molecule has 1 heterocycles. The van der Waals surface area contributed by atoms with Crippen LogP contribution in [0.3, 0.4) is 0 Å². The summed E-state index contributed by atoms with van der Waals surface area (Å²) in [6, 6.07) is 10.3. The smallest absolute Gasteiger partial charge is 0.242 e. The van der Waals surface area contributed by atoms with Gasteiger partial charge in [0.25, 0.3) is 0 Å². The first-order valence-corrected chi connectivity index (χ1v) is 15.2. The zero-order valence-electron chi connectivity index (χ0n) is 22.4. The van der Waals surface area contributed by atoms with Crippen LogP contribution in [0.5, 0.6) is 11.5 Å². The summed E-state index contributed by atoms with van der Waals surface area (Å²) >= 11 is 0. The summed E-state index contributed by atoms with van der Waals surface area (Å²) in [6.07, 6.45) is 6.34. The molecule has 0 bridgehead atoms. The van der Waals surface area contributed by atoms with Crippen LogP contribution in [0.15, 0.2) is 42.5 Å². The Morgan fingerprint density at radius 2 is 1.79 bits per heavy atom. The fourth-order valence-electron chi connectivity index (χ4n) is 5.01. The fourth-order valence-corrected chi connectivity index (χ4v) is 5.96. The number of ether oxygens (including phenoxy) is 2. The molecule has 1 N–H and O–H groups in total. The van der Waals surface area contributed by atoms with Crippen LogP contribution in [0.1, 0.15) is 57.4 Å². The Morgan fingerprint density at radius 1 is 1.08 bits per heavy atom. The van der Waals surface area contributed by atoms with Crippen LogP contribution >= 0.6 is 0 Å². The first-order chi connectivity index (χ1) is 18.6. The van der Waals surface area contributed by atoms with Crippen molar-refractivity contribution < 1.29 is 31.9 Å². The predicted octanol–water partition coefficient (Wildman–Crippen LogP) is 3.97. The van der Waals surface area contributed by atoms with Crippen LogP contribution in [0, 0.1) is 5.82 Å². The number of carbonyl (C=O) groups is 2. The molecule has 2 amide bonds. The molecule has 2 aliphatic rings. The maximum Gasteiger partial charge on any atom is 0.242 e. The number of rotatable bonds is 11. The molecule has 1 aliphatic heterocycles. The topological polar surface area (TPSA) is 105 Å². The van der Waals surface area contributed by atoms with Crippen molar-refractivity contribution in [3.8, 4) is 11.5 Å². The quantitative estimate of drug-likeness (QED) is 0.445. The first-order valence-electron chi connectivity index (χ1n) is 13.3. The van der Waals surface area contributed by atoms with Crippen LogP contribution < -0.4 is 19.1 Å². The molecule has 0 radical (unpaired) electrons. The average Bonchev–Trinajstić information content (AvgIpc) is 3.38. The van der Waals surface area contributed by atoms with Crippen LogP contribution in [-0.2, 0) is 26.2 Å². The van der Waals surface area contributed by atoms with E-state index in [1.165, 1.54) is 15.3 Å². The van der Waals surface area contributed by atoms with Gasteiger partial charge in [-0.25, -0.2) is 12.8 Å². The minimum atomic E-state index is -3.66. The van der Waals surface area contributed by atoms with Gasteiger partial charge in [-0.05, 0) is 44.4 Å². The van der Waals surface area contributed by atoms with E-state index in [1.807, 2.05) is 0 Å². The summed E-state index contributed by atoms with van der Waals surface area (Å²) in [5, 5.41) is 3.05. The molecular weight excluding hydrogens is 525 g/mol. The van der Waals surface area contributed by atoms with Crippen LogP contribution in [0.4, 0.5) is 10.1 Å². The lowest BCUT2D eigenvalue weighted by Crippen LogP contribution is -2.50. The highest BCUT2D eigenvalue weighted by molar-refractivity contribution is 7.92. The molecule has 1 aliphatic carbocycles. The van der Waals surface area contributed by atoms with Crippen molar-refractivity contribution in [1.82, 2.24) is 10.2 Å². The van der Waals surface area contributed by atoms with Crippen LogP contribution in [0.25, 0.3) is 0 Å². The summed E-state index contributed by atoms with van der Waals surface area (Å²) in [4.78, 5) is 27.9. The molecule has 4 rings (SSSR count). The molecule has 1 fully saturated rings. The SMILES string of the molecule is C[C@H](C(=O)NC1CCCCC1)N(Cc1ccccc1F)C(=O)CCCN(c1ccc2c(c1)OCO2)S(C)(=O)=O. The normalized spacial score (nSPS) is 16.0. The van der Waals surface area contributed by atoms with E-state index in [-0.39, 0.29) is 50.6 Å². The third-order valence-electron chi connectivity index (χ3n) is 7.21. The molecule has 11 heteroatoms. The standard InChI is InChI=1S/C28H36FN3O6S/c1-20(28(34)30-22-10-4-3-5-11-22)31(18-21-9-6-7-12-24(21)29)27(33)13-8-16-32(39(2,35)36)23-14-15-25-26(17-23)38-19-37-25/h6-7,9,12,14-15,17,20,22H,3-5,8,10-11,13,16,18-19H2,1-2H3,(H,30,34)/t20-/m1/s1. The average molecular weight is 562 g/mol. The Kier molecular flexibility index (Phi) is 9.32. The molecular formula is C28H36FN3O6S. The lowest BCUT2D eigenvalue weighted by molar-refractivity contribution is -0.141. The molecule has 0 saturated heterocycles. The van der Waals surface area contributed by atoms with E-state index in [2.05, 4.69) is 5.32 Å². The maximum atomic E-state index is 14.5. The Balaban J connectivity index is 1.45. The van der Waals surface area contributed by atoms with Gasteiger partial charge in [-0.15, -0.1) is 0 Å². The largest absolute Gasteiger partial charge is 0.454 e. The summed E-state index contributed by atoms with van der Waals surface area (Å²) < 4.78 is 51.5. The second kappa shape index (κ2) is 12.7. The number of halogens is 1. The minimum Gasteiger partial charge on any atom is -0.454 e. The van der Waals surface area contributed by atoms with E-state index < -0.39 is 21.9 Å². The number of carbonyl (C=O) groups excluding carboxylic acids is 2. The number of fused-ring (bicyclic) bond motifs is 1. The van der Waals surface area contributed by atoms with Gasteiger partial charge in [-0.1, -0.05) is 37.5 Å². The van der Waals surface area contributed by atoms with Crippen LogP contribution in [0.2, 0.25) is 0 Å². The van der Waals surface area contributed by atoms with Crippen molar-refractivity contribution in [2.75, 3.05) is 23.9 Å². The van der Waals surface area contributed by atoms with Gasteiger partial charge in [0, 0.05) is 37.2 Å². The van der Waals surface area contributed by atoms with Gasteiger partial charge in [-0.3, -0.25) is 13.9 Å². The van der Waals surface area contributed by atoms with Gasteiger partial charge in [0.2, 0.25) is 28.6 Å². The number of nitrogens with one attached hydrogen (secondary N) is 1. The van der Waals surface area contributed by atoms with Crippen molar-refractivity contribution in [3.05, 3.63) is 53.8 Å². The Morgan fingerprint density at radius 3 is 2.51 bits per heavy atom. The lowest BCUT2D eigenvalue weighted by Gasteiger charge is -2.31. The van der Waals surface area contributed by atoms with Crippen molar-refractivity contribution in [2.24, 2.45) is 0 Å². The molecule has 2 aromatic rings. The molecule has 9 nitrogen and oxygen atoms in total. The van der Waals surface area contributed by atoms with E-state index in [1.54, 1.807) is 43.3 Å². The van der Waals surface area contributed by atoms with E-state index in [4.69, 9.17) is 9.47 Å². The third-order valence-corrected chi connectivity index (χ3v) is 8.41. The van der Waals surface area contributed by atoms with Gasteiger partial charge in [0.05, 0.1) is 11.9 Å². The van der Waals surface area contributed by atoms with Crippen molar-refractivity contribution in [3.63, 3.8) is 0 Å². The molecule has 2 aromatic carbocycles. The molecule has 0 spiro atoms. The number of amides is 2. The highest BCUT2D eigenvalue weighted by Gasteiger charge is 2.29. The van der Waals surface area contributed by atoms with Gasteiger partial charge in [0.15, 0.2) is 11.5 Å². The van der Waals surface area contributed by atoms with E-state index in [0.717, 1.165) is 38.4 Å². The molecule has 0 aromatic heterocycles. The molecule has 0 unspecified atom stereocenters. The predicted molar refractivity (Wildman–Crippen MR) is 145 cm³/mol. The summed E-state index contributed by atoms with van der Waals surface area (Å²) in [6.45, 7) is 1.69. The van der Waals surface area contributed by atoms with E-state index in [0.29, 0.717) is 22.7 Å². The highest BCUT2D eigenvalue weighted by Crippen LogP contribution is 2.36. The number of hydrogen-bond donors (Lipinski definition) is 1. The van der Waals surface area contributed by atoms with E-state index >= 15 is 0 Å².